The molecular formula is C21H31N3O3. The lowest BCUT2D eigenvalue weighted by Gasteiger charge is -2.36. The van der Waals surface area contributed by atoms with Crippen molar-refractivity contribution < 1.29 is 14.3 Å². The van der Waals surface area contributed by atoms with Crippen molar-refractivity contribution in [2.45, 2.75) is 51.1 Å². The summed E-state index contributed by atoms with van der Waals surface area (Å²) < 4.78 is 5.87. The van der Waals surface area contributed by atoms with Gasteiger partial charge in [0, 0.05) is 32.2 Å². The van der Waals surface area contributed by atoms with Gasteiger partial charge in [0.25, 0.3) is 5.91 Å². The van der Waals surface area contributed by atoms with Crippen molar-refractivity contribution >= 4 is 17.5 Å². The molecule has 1 fully saturated rings. The van der Waals surface area contributed by atoms with Gasteiger partial charge in [-0.3, -0.25) is 9.59 Å². The largest absolute Gasteiger partial charge is 0.489 e. The summed E-state index contributed by atoms with van der Waals surface area (Å²) in [6, 6.07) is 5.42. The number of nitrogens with zero attached hydrogens (tertiary/aromatic N) is 2. The molecule has 2 aliphatic rings. The molecule has 0 aromatic heterocycles. The predicted octanol–water partition coefficient (Wildman–Crippen LogP) is 2.67. The van der Waals surface area contributed by atoms with Crippen LogP contribution in [0.25, 0.3) is 0 Å². The number of likely N-dealkylation sites (N-methyl/N-ethyl adjacent to an activating group) is 1. The zero-order valence-corrected chi connectivity index (χ0v) is 17.0. The van der Waals surface area contributed by atoms with Gasteiger partial charge in [0.05, 0.1) is 18.2 Å². The molecule has 1 saturated carbocycles. The van der Waals surface area contributed by atoms with Crippen LogP contribution in [0.4, 0.5) is 5.69 Å². The van der Waals surface area contributed by atoms with Crippen molar-refractivity contribution in [3.8, 4) is 5.75 Å². The highest BCUT2D eigenvalue weighted by molar-refractivity contribution is 5.95. The van der Waals surface area contributed by atoms with Gasteiger partial charge < -0.3 is 19.9 Å². The molecule has 1 heterocycles. The van der Waals surface area contributed by atoms with Crippen LogP contribution in [0.3, 0.4) is 0 Å². The average molecular weight is 373 g/mol. The van der Waals surface area contributed by atoms with Crippen molar-refractivity contribution in [2.75, 3.05) is 32.6 Å². The van der Waals surface area contributed by atoms with Gasteiger partial charge in [-0.2, -0.15) is 0 Å². The Morgan fingerprint density at radius 1 is 1.33 bits per heavy atom. The molecule has 27 heavy (non-hydrogen) atoms. The number of anilines is 1. The SMILES string of the molecule is CC(C)CC1(NC(=O)CC2COc3ccc(C(=O)N(C)C)cc3N2C)CC1. The predicted molar refractivity (Wildman–Crippen MR) is 106 cm³/mol. The van der Waals surface area contributed by atoms with Crippen LogP contribution in [0.2, 0.25) is 0 Å². The lowest BCUT2D eigenvalue weighted by atomic mass is 10.0. The summed E-state index contributed by atoms with van der Waals surface area (Å²) in [5.41, 5.74) is 1.49. The Kier molecular flexibility index (Phi) is 5.36. The van der Waals surface area contributed by atoms with Crippen LogP contribution >= 0.6 is 0 Å². The zero-order chi connectivity index (χ0) is 19.8. The molecule has 148 valence electrons. The van der Waals surface area contributed by atoms with Crippen LogP contribution in [0.15, 0.2) is 18.2 Å². The third-order valence-electron chi connectivity index (χ3n) is 5.45. The summed E-state index contributed by atoms with van der Waals surface area (Å²) in [5, 5.41) is 3.25. The first-order valence-corrected chi connectivity index (χ1v) is 9.73. The number of carbonyl (C=O) groups excluding carboxylic acids is 2. The van der Waals surface area contributed by atoms with E-state index in [0.717, 1.165) is 30.7 Å². The van der Waals surface area contributed by atoms with E-state index < -0.39 is 0 Å². The Morgan fingerprint density at radius 3 is 2.63 bits per heavy atom. The van der Waals surface area contributed by atoms with E-state index in [-0.39, 0.29) is 23.4 Å². The molecule has 1 aromatic carbocycles. The highest BCUT2D eigenvalue weighted by Gasteiger charge is 2.44. The zero-order valence-electron chi connectivity index (χ0n) is 17.0. The van der Waals surface area contributed by atoms with E-state index in [4.69, 9.17) is 4.74 Å². The summed E-state index contributed by atoms with van der Waals surface area (Å²) >= 11 is 0. The molecule has 1 N–H and O–H groups in total. The lowest BCUT2D eigenvalue weighted by molar-refractivity contribution is -0.122. The normalized spacial score (nSPS) is 19.9. The summed E-state index contributed by atoms with van der Waals surface area (Å²) in [6.45, 7) is 4.85. The Bertz CT molecular complexity index is 725. The van der Waals surface area contributed by atoms with Gasteiger partial charge in [0.2, 0.25) is 5.91 Å². The first-order valence-electron chi connectivity index (χ1n) is 9.73. The van der Waals surface area contributed by atoms with Gasteiger partial charge in [0.15, 0.2) is 0 Å². The molecular weight excluding hydrogens is 342 g/mol. The van der Waals surface area contributed by atoms with Gasteiger partial charge in [-0.15, -0.1) is 0 Å². The minimum atomic E-state index is -0.0459. The second-order valence-corrected chi connectivity index (χ2v) is 8.59. The molecule has 0 radical (unpaired) electrons. The van der Waals surface area contributed by atoms with Gasteiger partial charge >= 0.3 is 0 Å². The molecule has 6 heteroatoms. The number of nitrogens with one attached hydrogen (secondary N) is 1. The maximum Gasteiger partial charge on any atom is 0.253 e. The van der Waals surface area contributed by atoms with E-state index in [1.54, 1.807) is 25.1 Å². The van der Waals surface area contributed by atoms with Crippen LogP contribution in [0, 0.1) is 5.92 Å². The monoisotopic (exact) mass is 373 g/mol. The number of ether oxygens (including phenoxy) is 1. The van der Waals surface area contributed by atoms with Crippen molar-refractivity contribution in [1.82, 2.24) is 10.2 Å². The van der Waals surface area contributed by atoms with Crippen LogP contribution in [0.5, 0.6) is 5.75 Å². The molecule has 1 atom stereocenters. The fourth-order valence-corrected chi connectivity index (χ4v) is 3.87. The number of fused-ring (bicyclic) bond motifs is 1. The van der Waals surface area contributed by atoms with E-state index in [2.05, 4.69) is 24.1 Å². The van der Waals surface area contributed by atoms with E-state index in [1.165, 1.54) is 0 Å². The summed E-state index contributed by atoms with van der Waals surface area (Å²) in [6.07, 6.45) is 3.58. The molecule has 0 spiro atoms. The minimum absolute atomic E-state index is 0.0164. The van der Waals surface area contributed by atoms with Crippen LogP contribution < -0.4 is 15.0 Å². The van der Waals surface area contributed by atoms with Crippen molar-refractivity contribution in [3.05, 3.63) is 23.8 Å². The third-order valence-corrected chi connectivity index (χ3v) is 5.45. The standard InChI is InChI=1S/C21H31N3O3/c1-14(2)12-21(8-9-21)22-19(25)11-16-13-27-18-7-6-15(20(26)23(3)4)10-17(18)24(16)5/h6-7,10,14,16H,8-9,11-13H2,1-5H3,(H,22,25). The first-order chi connectivity index (χ1) is 12.7. The van der Waals surface area contributed by atoms with Gasteiger partial charge in [-0.25, -0.2) is 0 Å². The molecule has 0 saturated heterocycles. The van der Waals surface area contributed by atoms with E-state index in [0.29, 0.717) is 24.5 Å². The Hall–Kier alpha value is -2.24. The summed E-state index contributed by atoms with van der Waals surface area (Å²) in [4.78, 5) is 28.5. The van der Waals surface area contributed by atoms with Gasteiger partial charge in [-0.1, -0.05) is 13.8 Å². The maximum absolute atomic E-state index is 12.6. The van der Waals surface area contributed by atoms with E-state index >= 15 is 0 Å². The van der Waals surface area contributed by atoms with E-state index in [1.807, 2.05) is 19.2 Å². The number of amides is 2. The molecule has 0 bridgehead atoms. The highest BCUT2D eigenvalue weighted by atomic mass is 16.5. The topological polar surface area (TPSA) is 61.9 Å². The second-order valence-electron chi connectivity index (χ2n) is 8.59. The molecule has 1 unspecified atom stereocenters. The molecule has 3 rings (SSSR count). The van der Waals surface area contributed by atoms with Crippen LogP contribution in [0.1, 0.15) is 49.9 Å². The number of hydrogen-bond donors (Lipinski definition) is 1. The second kappa shape index (κ2) is 7.41. The smallest absolute Gasteiger partial charge is 0.253 e. The number of benzene rings is 1. The average Bonchev–Trinajstić information content (AvgIpc) is 3.34. The third kappa shape index (κ3) is 4.37. The van der Waals surface area contributed by atoms with Crippen LogP contribution in [-0.4, -0.2) is 56.0 Å². The summed E-state index contributed by atoms with van der Waals surface area (Å²) in [5.74, 6) is 1.36. The Labute approximate surface area is 161 Å². The molecule has 1 aliphatic carbocycles. The molecule has 1 aromatic rings. The number of rotatable bonds is 6. The van der Waals surface area contributed by atoms with Gasteiger partial charge in [0.1, 0.15) is 12.4 Å². The van der Waals surface area contributed by atoms with E-state index in [9.17, 15) is 9.59 Å². The Morgan fingerprint density at radius 2 is 2.04 bits per heavy atom. The minimum Gasteiger partial charge on any atom is -0.489 e. The summed E-state index contributed by atoms with van der Waals surface area (Å²) in [7, 11) is 5.43. The molecule has 2 amide bonds. The van der Waals surface area contributed by atoms with Crippen molar-refractivity contribution in [1.29, 1.82) is 0 Å². The van der Waals surface area contributed by atoms with Crippen molar-refractivity contribution in [3.63, 3.8) is 0 Å². The fraction of sp³-hybridized carbons (Fsp3) is 0.619. The quantitative estimate of drug-likeness (QED) is 0.833. The molecule has 1 aliphatic heterocycles. The Balaban J connectivity index is 1.67. The van der Waals surface area contributed by atoms with Gasteiger partial charge in [-0.05, 0) is 43.4 Å². The maximum atomic E-state index is 12.6. The first kappa shape index (κ1) is 19.5. The fourth-order valence-electron chi connectivity index (χ4n) is 3.87. The number of carbonyl (C=O) groups is 2. The molecule has 6 nitrogen and oxygen atoms in total. The van der Waals surface area contributed by atoms with Crippen LogP contribution in [-0.2, 0) is 4.79 Å². The highest BCUT2D eigenvalue weighted by Crippen LogP contribution is 2.41. The number of hydrogen-bond acceptors (Lipinski definition) is 4. The van der Waals surface area contributed by atoms with Crippen molar-refractivity contribution in [2.24, 2.45) is 5.92 Å². The lowest BCUT2D eigenvalue weighted by Crippen LogP contribution is -2.46.